The van der Waals surface area contributed by atoms with Crippen LogP contribution in [0.3, 0.4) is 0 Å². The molecule has 0 aliphatic carbocycles. The van der Waals surface area contributed by atoms with Gasteiger partial charge in [0.2, 0.25) is 15.0 Å². The van der Waals surface area contributed by atoms with Crippen LogP contribution >= 0.6 is 11.3 Å². The second-order valence-electron chi connectivity index (χ2n) is 6.24. The Morgan fingerprint density at radius 3 is 2.46 bits per heavy atom. The van der Waals surface area contributed by atoms with E-state index < -0.39 is 10.0 Å². The van der Waals surface area contributed by atoms with Gasteiger partial charge in [-0.15, -0.1) is 10.2 Å². The zero-order chi connectivity index (χ0) is 18.3. The van der Waals surface area contributed by atoms with Gasteiger partial charge in [0, 0.05) is 19.0 Å². The van der Waals surface area contributed by atoms with Gasteiger partial charge in [-0.25, -0.2) is 8.42 Å². The van der Waals surface area contributed by atoms with Crippen LogP contribution < -0.4 is 4.74 Å². The first-order valence-corrected chi connectivity index (χ1v) is 10.6. The van der Waals surface area contributed by atoms with Crippen LogP contribution in [0.25, 0.3) is 4.96 Å². The van der Waals surface area contributed by atoms with Gasteiger partial charge in [0.1, 0.15) is 10.8 Å². The SMILES string of the molecule is COc1ccc(S(=O)(=O)N2CCC(c3nn4c(C)nnc4s3)CC2)cc1. The van der Waals surface area contributed by atoms with E-state index in [-0.39, 0.29) is 5.92 Å². The molecule has 0 unspecified atom stereocenters. The van der Waals surface area contributed by atoms with Crippen LogP contribution in [0, 0.1) is 6.92 Å². The van der Waals surface area contributed by atoms with Gasteiger partial charge in [0.25, 0.3) is 0 Å². The lowest BCUT2D eigenvalue weighted by Crippen LogP contribution is -2.37. The van der Waals surface area contributed by atoms with Gasteiger partial charge >= 0.3 is 0 Å². The van der Waals surface area contributed by atoms with Crippen molar-refractivity contribution in [1.29, 1.82) is 0 Å². The number of aromatic nitrogens is 4. The Morgan fingerprint density at radius 2 is 1.85 bits per heavy atom. The predicted octanol–water partition coefficient (Wildman–Crippen LogP) is 2.07. The van der Waals surface area contributed by atoms with Gasteiger partial charge in [-0.2, -0.15) is 13.9 Å². The first kappa shape index (κ1) is 17.4. The number of fused-ring (bicyclic) bond motifs is 1. The molecule has 1 saturated heterocycles. The van der Waals surface area contributed by atoms with Gasteiger partial charge in [-0.3, -0.25) is 0 Å². The van der Waals surface area contributed by atoms with Crippen LogP contribution in [0.2, 0.25) is 0 Å². The van der Waals surface area contributed by atoms with Gasteiger partial charge in [-0.05, 0) is 44.0 Å². The van der Waals surface area contributed by atoms with Crippen LogP contribution in [0.15, 0.2) is 29.2 Å². The van der Waals surface area contributed by atoms with Crippen LogP contribution in [0.1, 0.15) is 29.6 Å². The lowest BCUT2D eigenvalue weighted by molar-refractivity contribution is 0.318. The molecule has 0 bridgehead atoms. The van der Waals surface area contributed by atoms with Crippen molar-refractivity contribution in [3.8, 4) is 5.75 Å². The summed E-state index contributed by atoms with van der Waals surface area (Å²) in [6.07, 6.45) is 1.50. The molecule has 8 nitrogen and oxygen atoms in total. The maximum Gasteiger partial charge on any atom is 0.243 e. The van der Waals surface area contributed by atoms with Crippen molar-refractivity contribution in [2.45, 2.75) is 30.6 Å². The van der Waals surface area contributed by atoms with Crippen LogP contribution in [0.5, 0.6) is 5.75 Å². The Kier molecular flexibility index (Phi) is 4.41. The number of hydrogen-bond donors (Lipinski definition) is 0. The summed E-state index contributed by atoms with van der Waals surface area (Å²) < 4.78 is 34.0. The summed E-state index contributed by atoms with van der Waals surface area (Å²) in [5.74, 6) is 1.66. The second-order valence-corrected chi connectivity index (χ2v) is 9.16. The highest BCUT2D eigenvalue weighted by molar-refractivity contribution is 7.89. The third-order valence-corrected chi connectivity index (χ3v) is 7.64. The van der Waals surface area contributed by atoms with Crippen molar-refractivity contribution in [2.75, 3.05) is 20.2 Å². The number of sulfonamides is 1. The molecule has 3 heterocycles. The summed E-state index contributed by atoms with van der Waals surface area (Å²) in [7, 11) is -1.92. The number of rotatable bonds is 4. The quantitative estimate of drug-likeness (QED) is 0.674. The Labute approximate surface area is 155 Å². The Balaban J connectivity index is 1.48. The van der Waals surface area contributed by atoms with E-state index >= 15 is 0 Å². The summed E-state index contributed by atoms with van der Waals surface area (Å²) >= 11 is 1.53. The molecule has 0 atom stereocenters. The van der Waals surface area contributed by atoms with Crippen molar-refractivity contribution in [3.63, 3.8) is 0 Å². The number of piperidine rings is 1. The zero-order valence-electron chi connectivity index (χ0n) is 14.5. The van der Waals surface area contributed by atoms with Gasteiger partial charge in [0.15, 0.2) is 5.82 Å². The Hall–Kier alpha value is -2.04. The number of aryl methyl sites for hydroxylation is 1. The zero-order valence-corrected chi connectivity index (χ0v) is 16.1. The number of ether oxygens (including phenoxy) is 1. The maximum absolute atomic E-state index is 12.8. The lowest BCUT2D eigenvalue weighted by atomic mass is 9.99. The molecule has 26 heavy (non-hydrogen) atoms. The smallest absolute Gasteiger partial charge is 0.243 e. The molecule has 1 aliphatic rings. The normalized spacial score (nSPS) is 17.0. The molecule has 1 fully saturated rings. The fourth-order valence-corrected chi connectivity index (χ4v) is 5.66. The van der Waals surface area contributed by atoms with Crippen molar-refractivity contribution in [3.05, 3.63) is 35.1 Å². The monoisotopic (exact) mass is 393 g/mol. The van der Waals surface area contributed by atoms with E-state index in [9.17, 15) is 8.42 Å². The lowest BCUT2D eigenvalue weighted by Gasteiger charge is -2.30. The predicted molar refractivity (Wildman–Crippen MR) is 97.1 cm³/mol. The van der Waals surface area contributed by atoms with Gasteiger partial charge in [0.05, 0.1) is 12.0 Å². The molecular weight excluding hydrogens is 374 g/mol. The van der Waals surface area contributed by atoms with Crippen molar-refractivity contribution in [2.24, 2.45) is 0 Å². The topological polar surface area (TPSA) is 89.7 Å². The number of nitrogens with zero attached hydrogens (tertiary/aromatic N) is 5. The van der Waals surface area contributed by atoms with E-state index in [0.29, 0.717) is 23.7 Å². The minimum absolute atomic E-state index is 0.253. The second kappa shape index (κ2) is 6.60. The molecule has 138 valence electrons. The number of methoxy groups -OCH3 is 1. The van der Waals surface area contributed by atoms with Gasteiger partial charge in [-0.1, -0.05) is 11.3 Å². The third-order valence-electron chi connectivity index (χ3n) is 4.66. The molecule has 2 aromatic heterocycles. The minimum atomic E-state index is -3.48. The number of hydrogen-bond acceptors (Lipinski definition) is 7. The highest BCUT2D eigenvalue weighted by atomic mass is 32.2. The van der Waals surface area contributed by atoms with E-state index in [1.54, 1.807) is 40.2 Å². The summed E-state index contributed by atoms with van der Waals surface area (Å²) in [4.78, 5) is 1.08. The first-order valence-electron chi connectivity index (χ1n) is 8.32. The largest absolute Gasteiger partial charge is 0.497 e. The molecule has 4 rings (SSSR count). The van der Waals surface area contributed by atoms with E-state index in [0.717, 1.165) is 28.6 Å². The minimum Gasteiger partial charge on any atom is -0.497 e. The molecule has 0 radical (unpaired) electrons. The molecule has 0 N–H and O–H groups in total. The molecule has 0 spiro atoms. The van der Waals surface area contributed by atoms with Crippen molar-refractivity contribution >= 4 is 26.3 Å². The fraction of sp³-hybridized carbons (Fsp3) is 0.438. The molecule has 3 aromatic rings. The van der Waals surface area contributed by atoms with E-state index in [4.69, 9.17) is 4.74 Å². The average molecular weight is 393 g/mol. The van der Waals surface area contributed by atoms with E-state index in [1.807, 2.05) is 6.92 Å². The average Bonchev–Trinajstić information content (AvgIpc) is 3.24. The highest BCUT2D eigenvalue weighted by Gasteiger charge is 2.31. The fourth-order valence-electron chi connectivity index (χ4n) is 3.13. The molecule has 1 aromatic carbocycles. The summed E-state index contributed by atoms with van der Waals surface area (Å²) in [5.41, 5.74) is 0. The van der Waals surface area contributed by atoms with Crippen molar-refractivity contribution in [1.82, 2.24) is 24.1 Å². The first-order chi connectivity index (χ1) is 12.5. The Bertz CT molecular complexity index is 1020. The van der Waals surface area contributed by atoms with Crippen molar-refractivity contribution < 1.29 is 13.2 Å². The third kappa shape index (κ3) is 2.97. The van der Waals surface area contributed by atoms with Gasteiger partial charge < -0.3 is 4.74 Å². The standard InChI is InChI=1S/C16H19N5O3S2/c1-11-17-18-16-21(11)19-15(25-16)12-7-9-20(10-8-12)26(22,23)14-5-3-13(24-2)4-6-14/h3-6,12H,7-10H2,1-2H3. The summed E-state index contributed by atoms with van der Waals surface area (Å²) in [6.45, 7) is 2.84. The molecule has 1 aliphatic heterocycles. The highest BCUT2D eigenvalue weighted by Crippen LogP contribution is 2.33. The summed E-state index contributed by atoms with van der Waals surface area (Å²) in [5, 5.41) is 13.7. The maximum atomic E-state index is 12.8. The van der Waals surface area contributed by atoms with E-state index in [1.165, 1.54) is 11.3 Å². The van der Waals surface area contributed by atoms with E-state index in [2.05, 4.69) is 15.3 Å². The molecule has 0 saturated carbocycles. The molecular formula is C16H19N5O3S2. The van der Waals surface area contributed by atoms with Crippen LogP contribution in [0.4, 0.5) is 0 Å². The van der Waals surface area contributed by atoms with Crippen LogP contribution in [-0.4, -0.2) is 52.7 Å². The molecule has 10 heteroatoms. The molecule has 0 amide bonds. The summed E-state index contributed by atoms with van der Waals surface area (Å²) in [6, 6.07) is 6.51. The Morgan fingerprint density at radius 1 is 1.15 bits per heavy atom. The van der Waals surface area contributed by atoms with Crippen LogP contribution in [-0.2, 0) is 10.0 Å². The number of benzene rings is 1.